The summed E-state index contributed by atoms with van der Waals surface area (Å²) in [6.45, 7) is 0. The van der Waals surface area contributed by atoms with E-state index in [1.165, 1.54) is 6.07 Å². The van der Waals surface area contributed by atoms with Gasteiger partial charge in [0.2, 0.25) is 0 Å². The number of aromatic nitrogens is 2. The molecule has 0 spiro atoms. The van der Waals surface area contributed by atoms with Gasteiger partial charge in [-0.05, 0) is 30.3 Å². The molecule has 0 unspecified atom stereocenters. The number of aromatic hydroxyl groups is 1. The molecule has 0 radical (unpaired) electrons. The number of nitrogen functional groups attached to an aromatic ring is 1. The summed E-state index contributed by atoms with van der Waals surface area (Å²) in [5, 5.41) is 18.5. The van der Waals surface area contributed by atoms with Crippen molar-refractivity contribution in [2.24, 2.45) is 0 Å². The van der Waals surface area contributed by atoms with Crippen molar-refractivity contribution in [2.45, 2.75) is 0 Å². The molecule has 0 aliphatic rings. The molecular formula is C13H9Cl2N3O. The highest BCUT2D eigenvalue weighted by atomic mass is 35.5. The summed E-state index contributed by atoms with van der Waals surface area (Å²) < 4.78 is 0. The van der Waals surface area contributed by atoms with Crippen LogP contribution in [-0.2, 0) is 0 Å². The summed E-state index contributed by atoms with van der Waals surface area (Å²) in [5.41, 5.74) is 8.23. The minimum Gasteiger partial charge on any atom is -0.506 e. The highest BCUT2D eigenvalue weighted by Gasteiger charge is 2.15. The molecule has 0 aliphatic heterocycles. The number of hydrogen-bond acceptors (Lipinski definition) is 3. The molecule has 6 heteroatoms. The number of H-pyrrole nitrogens is 1. The highest BCUT2D eigenvalue weighted by molar-refractivity contribution is 6.36. The Bertz CT molecular complexity index is 783. The number of nitrogens with one attached hydrogen (secondary N) is 1. The number of phenols is 1. The van der Waals surface area contributed by atoms with Gasteiger partial charge in [0.05, 0.1) is 10.5 Å². The Morgan fingerprint density at radius 3 is 2.74 bits per heavy atom. The fourth-order valence-corrected chi connectivity index (χ4v) is 2.48. The SMILES string of the molecule is Nc1ccc2[nH]nc(-c3cc(Cl)cc(Cl)c3O)c2c1. The zero-order valence-electron chi connectivity index (χ0n) is 9.61. The molecule has 0 saturated heterocycles. The third-order valence-corrected chi connectivity index (χ3v) is 3.38. The smallest absolute Gasteiger partial charge is 0.143 e. The lowest BCUT2D eigenvalue weighted by Gasteiger charge is -2.05. The van der Waals surface area contributed by atoms with Gasteiger partial charge in [0.1, 0.15) is 11.4 Å². The van der Waals surface area contributed by atoms with E-state index in [2.05, 4.69) is 10.2 Å². The van der Waals surface area contributed by atoms with Crippen LogP contribution in [0.5, 0.6) is 5.75 Å². The summed E-state index contributed by atoms with van der Waals surface area (Å²) in [6, 6.07) is 8.47. The zero-order chi connectivity index (χ0) is 13.6. The molecule has 0 amide bonds. The number of benzene rings is 2. The van der Waals surface area contributed by atoms with Crippen LogP contribution in [0, 0.1) is 0 Å². The highest BCUT2D eigenvalue weighted by Crippen LogP contribution is 2.39. The maximum atomic E-state index is 10.0. The number of nitrogens with zero attached hydrogens (tertiary/aromatic N) is 1. The van der Waals surface area contributed by atoms with E-state index in [0.29, 0.717) is 22.0 Å². The van der Waals surface area contributed by atoms with Gasteiger partial charge in [0.25, 0.3) is 0 Å². The Morgan fingerprint density at radius 1 is 1.16 bits per heavy atom. The minimum absolute atomic E-state index is 0.0538. The first-order valence-electron chi connectivity index (χ1n) is 5.48. The van der Waals surface area contributed by atoms with E-state index in [4.69, 9.17) is 28.9 Å². The lowest BCUT2D eigenvalue weighted by molar-refractivity contribution is 0.477. The molecule has 4 nitrogen and oxygen atoms in total. The van der Waals surface area contributed by atoms with Gasteiger partial charge >= 0.3 is 0 Å². The van der Waals surface area contributed by atoms with Gasteiger partial charge in [-0.1, -0.05) is 23.2 Å². The van der Waals surface area contributed by atoms with Crippen LogP contribution in [-0.4, -0.2) is 15.3 Å². The van der Waals surface area contributed by atoms with Crippen LogP contribution < -0.4 is 5.73 Å². The van der Waals surface area contributed by atoms with Gasteiger partial charge in [-0.2, -0.15) is 5.10 Å². The van der Waals surface area contributed by atoms with Crippen molar-refractivity contribution in [2.75, 3.05) is 5.73 Å². The first kappa shape index (κ1) is 12.1. The van der Waals surface area contributed by atoms with Crippen molar-refractivity contribution in [3.63, 3.8) is 0 Å². The zero-order valence-corrected chi connectivity index (χ0v) is 11.1. The Kier molecular flexibility index (Phi) is 2.77. The second-order valence-electron chi connectivity index (χ2n) is 4.16. The van der Waals surface area contributed by atoms with E-state index >= 15 is 0 Å². The average molecular weight is 294 g/mol. The number of rotatable bonds is 1. The first-order valence-corrected chi connectivity index (χ1v) is 6.24. The van der Waals surface area contributed by atoms with E-state index in [9.17, 15) is 5.11 Å². The molecule has 4 N–H and O–H groups in total. The first-order chi connectivity index (χ1) is 9.06. The molecule has 3 aromatic rings. The molecule has 0 atom stereocenters. The lowest BCUT2D eigenvalue weighted by atomic mass is 10.1. The van der Waals surface area contributed by atoms with E-state index in [1.807, 2.05) is 6.07 Å². The third-order valence-electron chi connectivity index (χ3n) is 2.87. The minimum atomic E-state index is -0.0538. The number of aromatic amines is 1. The molecule has 0 fully saturated rings. The summed E-state index contributed by atoms with van der Waals surface area (Å²) in [4.78, 5) is 0. The maximum Gasteiger partial charge on any atom is 0.143 e. The quantitative estimate of drug-likeness (QED) is 0.597. The second kappa shape index (κ2) is 4.33. The number of nitrogens with two attached hydrogens (primary N) is 1. The molecule has 1 aromatic heterocycles. The molecule has 2 aromatic carbocycles. The predicted octanol–water partition coefficient (Wildman–Crippen LogP) is 3.82. The molecule has 3 rings (SSSR count). The van der Waals surface area contributed by atoms with Crippen molar-refractivity contribution >= 4 is 39.8 Å². The van der Waals surface area contributed by atoms with Gasteiger partial charge in [0, 0.05) is 21.7 Å². The largest absolute Gasteiger partial charge is 0.506 e. The van der Waals surface area contributed by atoms with Gasteiger partial charge in [0.15, 0.2) is 0 Å². The maximum absolute atomic E-state index is 10.0. The Morgan fingerprint density at radius 2 is 1.95 bits per heavy atom. The van der Waals surface area contributed by atoms with Crippen LogP contribution in [0.1, 0.15) is 0 Å². The Balaban J connectivity index is 2.33. The van der Waals surface area contributed by atoms with E-state index in [0.717, 1.165) is 10.9 Å². The average Bonchev–Trinajstić information content (AvgIpc) is 2.76. The van der Waals surface area contributed by atoms with Crippen molar-refractivity contribution < 1.29 is 5.11 Å². The topological polar surface area (TPSA) is 74.9 Å². The number of anilines is 1. The van der Waals surface area contributed by atoms with E-state index < -0.39 is 0 Å². The van der Waals surface area contributed by atoms with Gasteiger partial charge in [-0.3, -0.25) is 5.10 Å². The van der Waals surface area contributed by atoms with Crippen molar-refractivity contribution in [3.8, 4) is 17.0 Å². The standard InChI is InChI=1S/C13H9Cl2N3O/c14-6-3-9(13(19)10(15)4-6)12-8-5-7(16)1-2-11(8)17-18-12/h1-5,19H,16H2,(H,17,18). The monoisotopic (exact) mass is 293 g/mol. The lowest BCUT2D eigenvalue weighted by Crippen LogP contribution is -1.85. The fourth-order valence-electron chi connectivity index (χ4n) is 1.98. The number of phenolic OH excluding ortho intramolecular Hbond substituents is 1. The van der Waals surface area contributed by atoms with Gasteiger partial charge in [-0.15, -0.1) is 0 Å². The molecular weight excluding hydrogens is 285 g/mol. The molecule has 1 heterocycles. The predicted molar refractivity (Wildman–Crippen MR) is 77.6 cm³/mol. The van der Waals surface area contributed by atoms with E-state index in [1.54, 1.807) is 18.2 Å². The molecule has 0 bridgehead atoms. The van der Waals surface area contributed by atoms with Crippen LogP contribution in [0.25, 0.3) is 22.2 Å². The summed E-state index contributed by atoms with van der Waals surface area (Å²) in [5.74, 6) is -0.0538. The number of hydrogen-bond donors (Lipinski definition) is 3. The molecule has 0 saturated carbocycles. The summed E-state index contributed by atoms with van der Waals surface area (Å²) in [6.07, 6.45) is 0. The number of halogens is 2. The van der Waals surface area contributed by atoms with Crippen molar-refractivity contribution in [3.05, 3.63) is 40.4 Å². The summed E-state index contributed by atoms with van der Waals surface area (Å²) in [7, 11) is 0. The van der Waals surface area contributed by atoms with Crippen LogP contribution in [0.4, 0.5) is 5.69 Å². The number of fused-ring (bicyclic) bond motifs is 1. The molecule has 96 valence electrons. The normalized spacial score (nSPS) is 11.1. The Hall–Kier alpha value is -1.91. The van der Waals surface area contributed by atoms with Crippen LogP contribution in [0.15, 0.2) is 30.3 Å². The van der Waals surface area contributed by atoms with E-state index in [-0.39, 0.29) is 10.8 Å². The van der Waals surface area contributed by atoms with Gasteiger partial charge < -0.3 is 10.8 Å². The summed E-state index contributed by atoms with van der Waals surface area (Å²) >= 11 is 11.9. The molecule has 19 heavy (non-hydrogen) atoms. The van der Waals surface area contributed by atoms with Crippen molar-refractivity contribution in [1.29, 1.82) is 0 Å². The van der Waals surface area contributed by atoms with Gasteiger partial charge in [-0.25, -0.2) is 0 Å². The fraction of sp³-hybridized carbons (Fsp3) is 0. The Labute approximate surface area is 118 Å². The van der Waals surface area contributed by atoms with Crippen LogP contribution in [0.3, 0.4) is 0 Å². The second-order valence-corrected chi connectivity index (χ2v) is 5.00. The van der Waals surface area contributed by atoms with Crippen molar-refractivity contribution in [1.82, 2.24) is 10.2 Å². The molecule has 0 aliphatic carbocycles. The van der Waals surface area contributed by atoms with Crippen LogP contribution in [0.2, 0.25) is 10.0 Å². The third kappa shape index (κ3) is 1.99. The van der Waals surface area contributed by atoms with Crippen LogP contribution >= 0.6 is 23.2 Å².